The third kappa shape index (κ3) is 3.91. The molecule has 0 aliphatic carbocycles. The standard InChI is InChI=1S/C22H24N4O2S/c1-22(2)13-21(25-20-9-8-16(23)12-19(20)22)15-5-3-6-17(11-15)26-29(27,28)18-7-4-10-24-14-18/h3-12,14,21,25-26H,13,23H2,1-2H3. The fourth-order valence-corrected chi connectivity index (χ4v) is 4.86. The zero-order valence-corrected chi connectivity index (χ0v) is 17.2. The number of rotatable bonds is 4. The van der Waals surface area contributed by atoms with E-state index in [1.165, 1.54) is 17.8 Å². The number of fused-ring (bicyclic) bond motifs is 1. The van der Waals surface area contributed by atoms with Gasteiger partial charge in [0.1, 0.15) is 4.90 Å². The van der Waals surface area contributed by atoms with Gasteiger partial charge in [-0.25, -0.2) is 8.42 Å². The van der Waals surface area contributed by atoms with Gasteiger partial charge in [-0.2, -0.15) is 0 Å². The minimum absolute atomic E-state index is 0.0592. The number of hydrogen-bond acceptors (Lipinski definition) is 5. The Bertz CT molecular complexity index is 1140. The van der Waals surface area contributed by atoms with E-state index in [1.54, 1.807) is 18.3 Å². The molecule has 3 aromatic rings. The highest BCUT2D eigenvalue weighted by atomic mass is 32.2. The van der Waals surface area contributed by atoms with E-state index in [0.717, 1.165) is 23.4 Å². The Morgan fingerprint density at radius 3 is 2.72 bits per heavy atom. The molecule has 0 fully saturated rings. The highest BCUT2D eigenvalue weighted by Crippen LogP contribution is 2.44. The topological polar surface area (TPSA) is 97.1 Å². The summed E-state index contributed by atoms with van der Waals surface area (Å²) in [5, 5.41) is 3.58. The van der Waals surface area contributed by atoms with Crippen molar-refractivity contribution in [1.82, 2.24) is 4.98 Å². The smallest absolute Gasteiger partial charge is 0.263 e. The SMILES string of the molecule is CC1(C)CC(c2cccc(NS(=O)(=O)c3cccnc3)c2)Nc2ccc(N)cc21. The number of aromatic nitrogens is 1. The van der Waals surface area contributed by atoms with Gasteiger partial charge in [0.25, 0.3) is 10.0 Å². The molecule has 1 aliphatic heterocycles. The highest BCUT2D eigenvalue weighted by molar-refractivity contribution is 7.92. The number of nitrogens with two attached hydrogens (primary N) is 1. The second-order valence-electron chi connectivity index (χ2n) is 8.01. The van der Waals surface area contributed by atoms with Crippen molar-refractivity contribution >= 4 is 27.1 Å². The van der Waals surface area contributed by atoms with Crippen molar-refractivity contribution in [1.29, 1.82) is 0 Å². The van der Waals surface area contributed by atoms with E-state index in [-0.39, 0.29) is 16.4 Å². The number of benzene rings is 2. The number of pyridine rings is 1. The predicted octanol–water partition coefficient (Wildman–Crippen LogP) is 4.30. The fourth-order valence-electron chi connectivity index (χ4n) is 3.85. The predicted molar refractivity (Wildman–Crippen MR) is 116 cm³/mol. The number of hydrogen-bond donors (Lipinski definition) is 3. The van der Waals surface area contributed by atoms with E-state index in [4.69, 9.17) is 5.73 Å². The van der Waals surface area contributed by atoms with Crippen molar-refractivity contribution in [3.63, 3.8) is 0 Å². The van der Waals surface area contributed by atoms with Crippen LogP contribution in [-0.2, 0) is 15.4 Å². The molecule has 0 saturated carbocycles. The molecule has 1 unspecified atom stereocenters. The molecule has 29 heavy (non-hydrogen) atoms. The van der Waals surface area contributed by atoms with Gasteiger partial charge in [0.15, 0.2) is 0 Å². The molecule has 2 heterocycles. The van der Waals surface area contributed by atoms with Crippen LogP contribution in [0.5, 0.6) is 0 Å². The van der Waals surface area contributed by atoms with Gasteiger partial charge >= 0.3 is 0 Å². The van der Waals surface area contributed by atoms with Crippen LogP contribution < -0.4 is 15.8 Å². The Labute approximate surface area is 171 Å². The zero-order chi connectivity index (χ0) is 20.6. The molecule has 1 aromatic heterocycles. The van der Waals surface area contributed by atoms with Gasteiger partial charge in [-0.3, -0.25) is 9.71 Å². The first kappa shape index (κ1) is 19.3. The second kappa shape index (κ2) is 7.08. The summed E-state index contributed by atoms with van der Waals surface area (Å²) in [4.78, 5) is 4.02. The summed E-state index contributed by atoms with van der Waals surface area (Å²) in [5.41, 5.74) is 10.5. The van der Waals surface area contributed by atoms with Gasteiger partial charge < -0.3 is 11.1 Å². The lowest BCUT2D eigenvalue weighted by Crippen LogP contribution is -2.31. The van der Waals surface area contributed by atoms with E-state index in [9.17, 15) is 8.42 Å². The average molecular weight is 409 g/mol. The molecule has 0 radical (unpaired) electrons. The van der Waals surface area contributed by atoms with E-state index in [2.05, 4.69) is 28.9 Å². The van der Waals surface area contributed by atoms with Crippen LogP contribution in [0.1, 0.15) is 37.4 Å². The molecule has 1 atom stereocenters. The van der Waals surface area contributed by atoms with E-state index < -0.39 is 10.0 Å². The fraction of sp³-hybridized carbons (Fsp3) is 0.227. The number of anilines is 3. The number of nitrogen functional groups attached to an aromatic ring is 1. The molecule has 0 spiro atoms. The summed E-state index contributed by atoms with van der Waals surface area (Å²) in [6.07, 6.45) is 3.74. The van der Waals surface area contributed by atoms with Crippen LogP contribution >= 0.6 is 0 Å². The lowest BCUT2D eigenvalue weighted by Gasteiger charge is -2.39. The van der Waals surface area contributed by atoms with Gasteiger partial charge in [0.05, 0.1) is 6.04 Å². The Kier molecular flexibility index (Phi) is 4.70. The maximum absolute atomic E-state index is 12.6. The monoisotopic (exact) mass is 408 g/mol. The number of nitrogens with one attached hydrogen (secondary N) is 2. The Hall–Kier alpha value is -3.06. The Morgan fingerprint density at radius 1 is 1.14 bits per heavy atom. The van der Waals surface area contributed by atoms with Crippen LogP contribution in [0.25, 0.3) is 0 Å². The van der Waals surface area contributed by atoms with Crippen molar-refractivity contribution in [3.8, 4) is 0 Å². The molecule has 0 bridgehead atoms. The third-order valence-corrected chi connectivity index (χ3v) is 6.67. The normalized spacial score (nSPS) is 17.8. The maximum Gasteiger partial charge on any atom is 0.263 e. The van der Waals surface area contributed by atoms with E-state index >= 15 is 0 Å². The van der Waals surface area contributed by atoms with Gasteiger partial charge in [0, 0.05) is 29.5 Å². The summed E-state index contributed by atoms with van der Waals surface area (Å²) < 4.78 is 27.9. The molecule has 2 aromatic carbocycles. The Balaban J connectivity index is 1.62. The first-order valence-electron chi connectivity index (χ1n) is 9.44. The minimum Gasteiger partial charge on any atom is -0.399 e. The second-order valence-corrected chi connectivity index (χ2v) is 9.69. The van der Waals surface area contributed by atoms with Gasteiger partial charge in [0.2, 0.25) is 0 Å². The third-order valence-electron chi connectivity index (χ3n) is 5.30. The lowest BCUT2D eigenvalue weighted by molar-refractivity contribution is 0.427. The van der Waals surface area contributed by atoms with Crippen LogP contribution in [0.4, 0.5) is 17.1 Å². The molecule has 0 amide bonds. The van der Waals surface area contributed by atoms with Gasteiger partial charge in [-0.05, 0) is 65.4 Å². The summed E-state index contributed by atoms with van der Waals surface area (Å²) in [6.45, 7) is 4.40. The zero-order valence-electron chi connectivity index (χ0n) is 16.4. The van der Waals surface area contributed by atoms with Crippen LogP contribution in [0, 0.1) is 0 Å². The lowest BCUT2D eigenvalue weighted by atomic mass is 9.74. The van der Waals surface area contributed by atoms with Crippen molar-refractivity contribution in [3.05, 3.63) is 78.1 Å². The quantitative estimate of drug-likeness (QED) is 0.559. The Morgan fingerprint density at radius 2 is 1.97 bits per heavy atom. The molecule has 6 nitrogen and oxygen atoms in total. The summed E-state index contributed by atoms with van der Waals surface area (Å²) in [6, 6.07) is 16.6. The molecule has 0 saturated heterocycles. The van der Waals surface area contributed by atoms with Crippen LogP contribution in [0.2, 0.25) is 0 Å². The number of sulfonamides is 1. The van der Waals surface area contributed by atoms with Crippen molar-refractivity contribution < 1.29 is 8.42 Å². The summed E-state index contributed by atoms with van der Waals surface area (Å²) >= 11 is 0. The molecular formula is C22H24N4O2S. The molecule has 4 N–H and O–H groups in total. The average Bonchev–Trinajstić information content (AvgIpc) is 2.69. The summed E-state index contributed by atoms with van der Waals surface area (Å²) in [7, 11) is -3.68. The maximum atomic E-state index is 12.6. The van der Waals surface area contributed by atoms with Gasteiger partial charge in [-0.1, -0.05) is 26.0 Å². The number of nitrogens with zero attached hydrogens (tertiary/aromatic N) is 1. The largest absolute Gasteiger partial charge is 0.399 e. The van der Waals surface area contributed by atoms with E-state index in [1.807, 2.05) is 36.4 Å². The van der Waals surface area contributed by atoms with Gasteiger partial charge in [-0.15, -0.1) is 0 Å². The van der Waals surface area contributed by atoms with Crippen LogP contribution in [0.15, 0.2) is 71.9 Å². The summed E-state index contributed by atoms with van der Waals surface area (Å²) in [5.74, 6) is 0. The molecule has 1 aliphatic rings. The van der Waals surface area contributed by atoms with E-state index in [0.29, 0.717) is 5.69 Å². The first-order chi connectivity index (χ1) is 13.7. The van der Waals surface area contributed by atoms with Crippen molar-refractivity contribution in [2.75, 3.05) is 15.8 Å². The molecule has 7 heteroatoms. The first-order valence-corrected chi connectivity index (χ1v) is 10.9. The van der Waals surface area contributed by atoms with Crippen molar-refractivity contribution in [2.24, 2.45) is 0 Å². The molecular weight excluding hydrogens is 384 g/mol. The van der Waals surface area contributed by atoms with Crippen LogP contribution in [-0.4, -0.2) is 13.4 Å². The molecule has 4 rings (SSSR count). The molecule has 150 valence electrons. The minimum atomic E-state index is -3.68. The van der Waals surface area contributed by atoms with Crippen LogP contribution in [0.3, 0.4) is 0 Å². The van der Waals surface area contributed by atoms with Crippen molar-refractivity contribution in [2.45, 2.75) is 36.6 Å². The highest BCUT2D eigenvalue weighted by Gasteiger charge is 2.33.